The second kappa shape index (κ2) is 8.29. The van der Waals surface area contributed by atoms with Crippen LogP contribution in [0.25, 0.3) is 21.9 Å². The van der Waals surface area contributed by atoms with Gasteiger partial charge in [-0.15, -0.1) is 0 Å². The number of rotatable bonds is 5. The number of alkyl halides is 2. The zero-order valence-electron chi connectivity index (χ0n) is 16.1. The van der Waals surface area contributed by atoms with Crippen molar-refractivity contribution < 1.29 is 18.3 Å². The number of carbonyl (C=O) groups excluding carboxylic acids is 1. The van der Waals surface area contributed by atoms with Crippen LogP contribution in [0, 0.1) is 6.92 Å². The minimum Gasteiger partial charge on any atom is -0.435 e. The van der Waals surface area contributed by atoms with Crippen LogP contribution in [0.3, 0.4) is 0 Å². The largest absolute Gasteiger partial charge is 0.435 e. The first kappa shape index (κ1) is 19.5. The first-order valence-corrected chi connectivity index (χ1v) is 9.30. The summed E-state index contributed by atoms with van der Waals surface area (Å²) in [5, 5.41) is 5.00. The Labute approximate surface area is 172 Å². The lowest BCUT2D eigenvalue weighted by molar-refractivity contribution is -0.0498. The van der Waals surface area contributed by atoms with Gasteiger partial charge >= 0.3 is 6.61 Å². The van der Waals surface area contributed by atoms with E-state index in [1.54, 1.807) is 6.20 Å². The number of benzene rings is 3. The molecular formula is C24H18F2N2O2. The molecule has 0 saturated heterocycles. The predicted molar refractivity (Wildman–Crippen MR) is 113 cm³/mol. The zero-order valence-corrected chi connectivity index (χ0v) is 16.1. The summed E-state index contributed by atoms with van der Waals surface area (Å²) in [5.41, 5.74) is 4.08. The molecule has 4 nitrogen and oxygen atoms in total. The molecule has 0 aliphatic rings. The highest BCUT2D eigenvalue weighted by molar-refractivity contribution is 6.04. The Morgan fingerprint density at radius 2 is 1.77 bits per heavy atom. The third kappa shape index (κ3) is 4.27. The van der Waals surface area contributed by atoms with Crippen molar-refractivity contribution in [3.05, 3.63) is 90.3 Å². The third-order valence-electron chi connectivity index (χ3n) is 4.79. The summed E-state index contributed by atoms with van der Waals surface area (Å²) in [5.74, 6) is -0.332. The van der Waals surface area contributed by atoms with Crippen LogP contribution < -0.4 is 10.1 Å². The van der Waals surface area contributed by atoms with Gasteiger partial charge in [0, 0.05) is 29.0 Å². The average Bonchev–Trinajstić information content (AvgIpc) is 2.75. The monoisotopic (exact) mass is 404 g/mol. The maximum atomic E-state index is 12.5. The summed E-state index contributed by atoms with van der Waals surface area (Å²) in [6.07, 6.45) is 3.58. The number of pyridine rings is 1. The molecule has 4 rings (SSSR count). The Morgan fingerprint density at radius 1 is 0.967 bits per heavy atom. The molecule has 6 heteroatoms. The van der Waals surface area contributed by atoms with Crippen molar-refractivity contribution in [2.45, 2.75) is 13.5 Å². The fourth-order valence-corrected chi connectivity index (χ4v) is 3.25. The quantitative estimate of drug-likeness (QED) is 0.440. The van der Waals surface area contributed by atoms with E-state index in [0.717, 1.165) is 27.5 Å². The van der Waals surface area contributed by atoms with Gasteiger partial charge in [0.2, 0.25) is 0 Å². The van der Waals surface area contributed by atoms with E-state index in [9.17, 15) is 13.6 Å². The van der Waals surface area contributed by atoms with Gasteiger partial charge in [0.1, 0.15) is 5.75 Å². The van der Waals surface area contributed by atoms with Crippen LogP contribution in [0.5, 0.6) is 5.75 Å². The van der Waals surface area contributed by atoms with E-state index in [4.69, 9.17) is 0 Å². The third-order valence-corrected chi connectivity index (χ3v) is 4.79. The summed E-state index contributed by atoms with van der Waals surface area (Å²) in [6, 6.07) is 19.4. The van der Waals surface area contributed by atoms with E-state index in [1.807, 2.05) is 49.5 Å². The van der Waals surface area contributed by atoms with Gasteiger partial charge in [0.05, 0.1) is 0 Å². The van der Waals surface area contributed by atoms with Crippen molar-refractivity contribution in [2.75, 3.05) is 5.32 Å². The van der Waals surface area contributed by atoms with Crippen LogP contribution in [-0.4, -0.2) is 17.5 Å². The number of hydrogen-bond donors (Lipinski definition) is 1. The summed E-state index contributed by atoms with van der Waals surface area (Å²) < 4.78 is 28.8. The maximum absolute atomic E-state index is 12.5. The van der Waals surface area contributed by atoms with Gasteiger partial charge in [-0.2, -0.15) is 8.78 Å². The van der Waals surface area contributed by atoms with Crippen molar-refractivity contribution in [1.29, 1.82) is 0 Å². The number of amides is 1. The number of nitrogens with one attached hydrogen (secondary N) is 1. The van der Waals surface area contributed by atoms with Crippen molar-refractivity contribution in [3.63, 3.8) is 0 Å². The van der Waals surface area contributed by atoms with Gasteiger partial charge in [-0.1, -0.05) is 18.2 Å². The number of halogens is 2. The number of aryl methyl sites for hydroxylation is 1. The van der Waals surface area contributed by atoms with Gasteiger partial charge < -0.3 is 10.1 Å². The molecule has 30 heavy (non-hydrogen) atoms. The number of fused-ring (bicyclic) bond motifs is 1. The van der Waals surface area contributed by atoms with E-state index < -0.39 is 6.61 Å². The van der Waals surface area contributed by atoms with E-state index in [0.29, 0.717) is 11.3 Å². The molecule has 0 aliphatic carbocycles. The Kier molecular flexibility index (Phi) is 5.39. The van der Waals surface area contributed by atoms with E-state index >= 15 is 0 Å². The summed E-state index contributed by atoms with van der Waals surface area (Å²) >= 11 is 0. The molecule has 0 fully saturated rings. The van der Waals surface area contributed by atoms with Crippen LogP contribution in [0.2, 0.25) is 0 Å². The number of aromatic nitrogens is 1. The van der Waals surface area contributed by atoms with Crippen molar-refractivity contribution >= 4 is 22.4 Å². The second-order valence-electron chi connectivity index (χ2n) is 6.82. The molecule has 1 amide bonds. The second-order valence-corrected chi connectivity index (χ2v) is 6.82. The number of nitrogens with zero attached hydrogens (tertiary/aromatic N) is 1. The van der Waals surface area contributed by atoms with Gasteiger partial charge in [0.25, 0.3) is 5.91 Å². The van der Waals surface area contributed by atoms with Crippen molar-refractivity contribution in [2.24, 2.45) is 0 Å². The highest BCUT2D eigenvalue weighted by Crippen LogP contribution is 2.29. The normalized spacial score (nSPS) is 10.9. The van der Waals surface area contributed by atoms with Crippen molar-refractivity contribution in [1.82, 2.24) is 4.98 Å². The van der Waals surface area contributed by atoms with E-state index in [1.165, 1.54) is 24.3 Å². The molecule has 0 unspecified atom stereocenters. The molecule has 0 spiro atoms. The zero-order chi connectivity index (χ0) is 21.1. The number of hydrogen-bond acceptors (Lipinski definition) is 3. The average molecular weight is 404 g/mol. The molecule has 0 bridgehead atoms. The molecule has 1 N–H and O–H groups in total. The topological polar surface area (TPSA) is 51.2 Å². The van der Waals surface area contributed by atoms with Gasteiger partial charge in [-0.05, 0) is 77.5 Å². The van der Waals surface area contributed by atoms with Crippen LogP contribution in [0.4, 0.5) is 14.5 Å². The van der Waals surface area contributed by atoms with Gasteiger partial charge in [-0.3, -0.25) is 9.78 Å². The highest BCUT2D eigenvalue weighted by Gasteiger charge is 2.10. The lowest BCUT2D eigenvalue weighted by Gasteiger charge is -2.12. The first-order chi connectivity index (χ1) is 14.5. The number of carbonyl (C=O) groups is 1. The Bertz CT molecular complexity index is 1210. The van der Waals surface area contributed by atoms with Crippen LogP contribution in [-0.2, 0) is 0 Å². The Morgan fingerprint density at radius 3 is 2.53 bits per heavy atom. The summed E-state index contributed by atoms with van der Waals surface area (Å²) in [4.78, 5) is 16.7. The molecule has 0 saturated carbocycles. The molecular weight excluding hydrogens is 386 g/mol. The highest BCUT2D eigenvalue weighted by atomic mass is 19.3. The SMILES string of the molecule is Cc1ccc(NC(=O)c2ccc(OC(F)F)cc2)cc1-c1ccc2ccncc2c1. The van der Waals surface area contributed by atoms with E-state index in [2.05, 4.69) is 21.1 Å². The van der Waals surface area contributed by atoms with Gasteiger partial charge in [0.15, 0.2) is 0 Å². The standard InChI is InChI=1S/C24H18F2N2O2/c1-15-2-7-20(28-23(29)17-5-8-21(9-6-17)30-24(25)26)13-22(15)18-4-3-16-10-11-27-14-19(16)12-18/h2-14,24H,1H3,(H,28,29). The summed E-state index contributed by atoms with van der Waals surface area (Å²) in [7, 11) is 0. The Balaban J connectivity index is 1.57. The number of anilines is 1. The Hall–Kier alpha value is -3.80. The predicted octanol–water partition coefficient (Wildman–Crippen LogP) is 6.06. The number of ether oxygens (including phenoxy) is 1. The summed E-state index contributed by atoms with van der Waals surface area (Å²) in [6.45, 7) is -0.891. The lowest BCUT2D eigenvalue weighted by atomic mass is 9.98. The fourth-order valence-electron chi connectivity index (χ4n) is 3.25. The van der Waals surface area contributed by atoms with Crippen LogP contribution in [0.1, 0.15) is 15.9 Å². The van der Waals surface area contributed by atoms with Gasteiger partial charge in [-0.25, -0.2) is 0 Å². The first-order valence-electron chi connectivity index (χ1n) is 9.30. The minimum absolute atomic E-state index is 0.00460. The van der Waals surface area contributed by atoms with E-state index in [-0.39, 0.29) is 11.7 Å². The molecule has 0 aliphatic heterocycles. The molecule has 3 aromatic carbocycles. The fraction of sp³-hybridized carbons (Fsp3) is 0.0833. The van der Waals surface area contributed by atoms with Crippen LogP contribution >= 0.6 is 0 Å². The van der Waals surface area contributed by atoms with Crippen molar-refractivity contribution in [3.8, 4) is 16.9 Å². The molecule has 150 valence electrons. The lowest BCUT2D eigenvalue weighted by Crippen LogP contribution is -2.12. The smallest absolute Gasteiger partial charge is 0.387 e. The molecule has 0 radical (unpaired) electrons. The molecule has 0 atom stereocenters. The minimum atomic E-state index is -2.90. The maximum Gasteiger partial charge on any atom is 0.387 e. The molecule has 4 aromatic rings. The molecule has 1 heterocycles. The molecule has 1 aromatic heterocycles. The van der Waals surface area contributed by atoms with Crippen LogP contribution in [0.15, 0.2) is 79.1 Å².